The van der Waals surface area contributed by atoms with Gasteiger partial charge in [0.25, 0.3) is 0 Å². The number of carbonyl (C=O) groups is 1. The number of benzene rings is 1. The van der Waals surface area contributed by atoms with Crippen LogP contribution in [0.25, 0.3) is 0 Å². The van der Waals surface area contributed by atoms with Gasteiger partial charge in [-0.25, -0.2) is 0 Å². The van der Waals surface area contributed by atoms with E-state index in [9.17, 15) is 4.79 Å². The standard InChI is InChI=1S/C17H23ClO2/c1-2-20-17(19)12-5-13-3-6-14(7-4-13)15-8-10-16(18)11-9-15/h8-11,13-14H,2-7,12H2,1H3. The molecule has 1 aliphatic carbocycles. The number of halogens is 1. The maximum absolute atomic E-state index is 11.4. The van der Waals surface area contributed by atoms with Gasteiger partial charge in [-0.15, -0.1) is 0 Å². The fraction of sp³-hybridized carbons (Fsp3) is 0.588. The quantitative estimate of drug-likeness (QED) is 0.718. The van der Waals surface area contributed by atoms with Crippen molar-refractivity contribution >= 4 is 17.6 Å². The summed E-state index contributed by atoms with van der Waals surface area (Å²) in [4.78, 5) is 11.4. The van der Waals surface area contributed by atoms with Crippen LogP contribution in [0.2, 0.25) is 5.02 Å². The van der Waals surface area contributed by atoms with Crippen LogP contribution in [0.1, 0.15) is 56.9 Å². The van der Waals surface area contributed by atoms with Crippen molar-refractivity contribution in [2.75, 3.05) is 6.61 Å². The number of hydrogen-bond donors (Lipinski definition) is 0. The molecule has 1 aromatic rings. The Morgan fingerprint density at radius 1 is 1.20 bits per heavy atom. The van der Waals surface area contributed by atoms with Crippen LogP contribution in [0.15, 0.2) is 24.3 Å². The fourth-order valence-corrected chi connectivity index (χ4v) is 3.20. The van der Waals surface area contributed by atoms with E-state index < -0.39 is 0 Å². The first-order valence-electron chi connectivity index (χ1n) is 7.60. The third-order valence-corrected chi connectivity index (χ3v) is 4.50. The third-order valence-electron chi connectivity index (χ3n) is 4.25. The van der Waals surface area contributed by atoms with Gasteiger partial charge in [0.1, 0.15) is 0 Å². The predicted molar refractivity (Wildman–Crippen MR) is 82.0 cm³/mol. The smallest absolute Gasteiger partial charge is 0.305 e. The van der Waals surface area contributed by atoms with Crippen LogP contribution in [0.4, 0.5) is 0 Å². The summed E-state index contributed by atoms with van der Waals surface area (Å²) in [5, 5.41) is 0.803. The Labute approximate surface area is 126 Å². The Kier molecular flexibility index (Phi) is 5.90. The number of rotatable bonds is 5. The summed E-state index contributed by atoms with van der Waals surface area (Å²) in [6, 6.07) is 8.24. The molecule has 0 radical (unpaired) electrons. The summed E-state index contributed by atoms with van der Waals surface area (Å²) in [6.45, 7) is 2.34. The highest BCUT2D eigenvalue weighted by Crippen LogP contribution is 2.37. The zero-order chi connectivity index (χ0) is 14.4. The lowest BCUT2D eigenvalue weighted by atomic mass is 9.77. The first-order chi connectivity index (χ1) is 9.69. The highest BCUT2D eigenvalue weighted by Gasteiger charge is 2.22. The first-order valence-corrected chi connectivity index (χ1v) is 7.98. The van der Waals surface area contributed by atoms with Gasteiger partial charge in [0.15, 0.2) is 0 Å². The Bertz CT molecular complexity index is 419. The normalized spacial score (nSPS) is 22.5. The average Bonchev–Trinajstić information content (AvgIpc) is 2.47. The molecule has 0 atom stereocenters. The third kappa shape index (κ3) is 4.52. The minimum atomic E-state index is -0.0488. The molecule has 0 unspecified atom stereocenters. The van der Waals surface area contributed by atoms with Crippen LogP contribution in [0.5, 0.6) is 0 Å². The Hall–Kier alpha value is -1.02. The molecule has 0 spiro atoms. The summed E-state index contributed by atoms with van der Waals surface area (Å²) in [6.07, 6.45) is 6.42. The molecule has 0 saturated heterocycles. The van der Waals surface area contributed by atoms with Crippen molar-refractivity contribution in [2.45, 2.75) is 51.4 Å². The Morgan fingerprint density at radius 3 is 2.45 bits per heavy atom. The van der Waals surface area contributed by atoms with Gasteiger partial charge in [-0.2, -0.15) is 0 Å². The average molecular weight is 295 g/mol. The second-order valence-corrected chi connectivity index (χ2v) is 6.05. The molecule has 1 saturated carbocycles. The number of ether oxygens (including phenoxy) is 1. The van der Waals surface area contributed by atoms with E-state index in [2.05, 4.69) is 12.1 Å². The minimum absolute atomic E-state index is 0.0488. The number of esters is 1. The van der Waals surface area contributed by atoms with Gasteiger partial charge in [-0.05, 0) is 68.6 Å². The molecule has 110 valence electrons. The molecule has 3 heteroatoms. The van der Waals surface area contributed by atoms with Crippen molar-refractivity contribution < 1.29 is 9.53 Å². The molecule has 0 amide bonds. The first kappa shape index (κ1) is 15.4. The van der Waals surface area contributed by atoms with Crippen LogP contribution < -0.4 is 0 Å². The van der Waals surface area contributed by atoms with E-state index in [0.29, 0.717) is 24.9 Å². The molecule has 2 rings (SSSR count). The summed E-state index contributed by atoms with van der Waals surface area (Å²) in [7, 11) is 0. The summed E-state index contributed by atoms with van der Waals surface area (Å²) in [5.74, 6) is 1.29. The van der Waals surface area contributed by atoms with Gasteiger partial charge in [0.05, 0.1) is 6.61 Å². The van der Waals surface area contributed by atoms with E-state index in [1.54, 1.807) is 0 Å². The molecule has 2 nitrogen and oxygen atoms in total. The maximum Gasteiger partial charge on any atom is 0.305 e. The Morgan fingerprint density at radius 2 is 1.85 bits per heavy atom. The largest absolute Gasteiger partial charge is 0.466 e. The molecule has 1 aromatic carbocycles. The van der Waals surface area contributed by atoms with Gasteiger partial charge >= 0.3 is 5.97 Å². The van der Waals surface area contributed by atoms with Gasteiger partial charge in [-0.3, -0.25) is 4.79 Å². The molecule has 0 aromatic heterocycles. The number of hydrogen-bond acceptors (Lipinski definition) is 2. The van der Waals surface area contributed by atoms with Gasteiger partial charge in [-0.1, -0.05) is 23.7 Å². The minimum Gasteiger partial charge on any atom is -0.466 e. The summed E-state index contributed by atoms with van der Waals surface area (Å²) < 4.78 is 4.98. The lowest BCUT2D eigenvalue weighted by Gasteiger charge is -2.28. The maximum atomic E-state index is 11.4. The van der Waals surface area contributed by atoms with E-state index in [0.717, 1.165) is 11.4 Å². The molecule has 1 aliphatic rings. The zero-order valence-electron chi connectivity index (χ0n) is 12.1. The second kappa shape index (κ2) is 7.68. The summed E-state index contributed by atoms with van der Waals surface area (Å²) in [5.41, 5.74) is 1.40. The highest BCUT2D eigenvalue weighted by molar-refractivity contribution is 6.30. The zero-order valence-corrected chi connectivity index (χ0v) is 12.9. The van der Waals surface area contributed by atoms with Crippen LogP contribution in [0, 0.1) is 5.92 Å². The Balaban J connectivity index is 1.75. The van der Waals surface area contributed by atoms with Crippen molar-refractivity contribution in [2.24, 2.45) is 5.92 Å². The van der Waals surface area contributed by atoms with E-state index in [1.807, 2.05) is 19.1 Å². The number of carbonyl (C=O) groups excluding carboxylic acids is 1. The van der Waals surface area contributed by atoms with Crippen LogP contribution in [-0.4, -0.2) is 12.6 Å². The lowest BCUT2D eigenvalue weighted by Crippen LogP contribution is -2.15. The molecule has 20 heavy (non-hydrogen) atoms. The topological polar surface area (TPSA) is 26.3 Å². The van der Waals surface area contributed by atoms with Crippen molar-refractivity contribution in [3.05, 3.63) is 34.9 Å². The van der Waals surface area contributed by atoms with Gasteiger partial charge in [0, 0.05) is 11.4 Å². The van der Waals surface area contributed by atoms with Crippen LogP contribution in [-0.2, 0) is 9.53 Å². The monoisotopic (exact) mass is 294 g/mol. The van der Waals surface area contributed by atoms with E-state index in [-0.39, 0.29) is 5.97 Å². The second-order valence-electron chi connectivity index (χ2n) is 5.61. The van der Waals surface area contributed by atoms with Crippen LogP contribution in [0.3, 0.4) is 0 Å². The van der Waals surface area contributed by atoms with Gasteiger partial charge in [0.2, 0.25) is 0 Å². The molecule has 1 fully saturated rings. The summed E-state index contributed by atoms with van der Waals surface area (Å²) >= 11 is 5.93. The lowest BCUT2D eigenvalue weighted by molar-refractivity contribution is -0.143. The van der Waals surface area contributed by atoms with Crippen molar-refractivity contribution in [3.8, 4) is 0 Å². The van der Waals surface area contributed by atoms with Crippen LogP contribution >= 0.6 is 11.6 Å². The molecule has 0 bridgehead atoms. The SMILES string of the molecule is CCOC(=O)CCC1CCC(c2ccc(Cl)cc2)CC1. The van der Waals surface area contributed by atoms with Crippen molar-refractivity contribution in [3.63, 3.8) is 0 Å². The highest BCUT2D eigenvalue weighted by atomic mass is 35.5. The molecular formula is C17H23ClO2. The predicted octanol–water partition coefficient (Wildman–Crippen LogP) is 4.96. The van der Waals surface area contributed by atoms with Gasteiger partial charge < -0.3 is 4.74 Å². The van der Waals surface area contributed by atoms with E-state index in [1.165, 1.54) is 31.2 Å². The van der Waals surface area contributed by atoms with E-state index >= 15 is 0 Å². The molecular weight excluding hydrogens is 272 g/mol. The molecule has 0 heterocycles. The fourth-order valence-electron chi connectivity index (χ4n) is 3.07. The molecule has 0 N–H and O–H groups in total. The molecule has 0 aliphatic heterocycles. The van der Waals surface area contributed by atoms with Crippen molar-refractivity contribution in [1.29, 1.82) is 0 Å². The van der Waals surface area contributed by atoms with E-state index in [4.69, 9.17) is 16.3 Å². The van der Waals surface area contributed by atoms with Crippen molar-refractivity contribution in [1.82, 2.24) is 0 Å².